The molecule has 23 heavy (non-hydrogen) atoms. The van der Waals surface area contributed by atoms with Crippen LogP contribution in [0.4, 0.5) is 13.2 Å². The highest BCUT2D eigenvalue weighted by molar-refractivity contribution is 6.30. The Morgan fingerprint density at radius 1 is 1.30 bits per heavy atom. The van der Waals surface area contributed by atoms with E-state index in [-0.39, 0.29) is 12.0 Å². The molecular formula is C15H12ClF3N4. The van der Waals surface area contributed by atoms with Gasteiger partial charge < -0.3 is 4.90 Å². The second-order valence-corrected chi connectivity index (χ2v) is 5.81. The lowest BCUT2D eigenvalue weighted by atomic mass is 9.88. The molecule has 1 aromatic rings. The van der Waals surface area contributed by atoms with E-state index >= 15 is 0 Å². The zero-order valence-corrected chi connectivity index (χ0v) is 12.7. The first-order chi connectivity index (χ1) is 10.9. The van der Waals surface area contributed by atoms with Crippen molar-refractivity contribution >= 4 is 11.6 Å². The first kappa shape index (κ1) is 15.8. The molecule has 0 N–H and O–H groups in total. The second kappa shape index (κ2) is 5.85. The molecule has 1 unspecified atom stereocenters. The number of allylic oxidation sites excluding steroid dienone is 4. The van der Waals surface area contributed by atoms with Crippen LogP contribution < -0.4 is 0 Å². The van der Waals surface area contributed by atoms with Crippen molar-refractivity contribution in [2.75, 3.05) is 6.54 Å². The molecular weight excluding hydrogens is 329 g/mol. The zero-order chi connectivity index (χ0) is 16.6. The van der Waals surface area contributed by atoms with Gasteiger partial charge in [-0.3, -0.25) is 0 Å². The number of alkyl halides is 3. The highest BCUT2D eigenvalue weighted by atomic mass is 35.5. The largest absolute Gasteiger partial charge is 0.396 e. The van der Waals surface area contributed by atoms with Crippen LogP contribution in [0.3, 0.4) is 0 Å². The fourth-order valence-electron chi connectivity index (χ4n) is 2.89. The molecule has 0 radical (unpaired) electrons. The number of hydrogen-bond donors (Lipinski definition) is 0. The number of aromatic nitrogens is 2. The predicted molar refractivity (Wildman–Crippen MR) is 77.1 cm³/mol. The third kappa shape index (κ3) is 3.04. The van der Waals surface area contributed by atoms with Gasteiger partial charge >= 0.3 is 6.18 Å². The summed E-state index contributed by atoms with van der Waals surface area (Å²) in [6, 6.07) is 1.65. The van der Waals surface area contributed by atoms with Gasteiger partial charge in [0.2, 0.25) is 0 Å². The Morgan fingerprint density at radius 3 is 2.78 bits per heavy atom. The van der Waals surface area contributed by atoms with E-state index in [1.165, 1.54) is 12.4 Å². The summed E-state index contributed by atoms with van der Waals surface area (Å²) in [6.07, 6.45) is 0.134. The maximum absolute atomic E-state index is 13.1. The third-order valence-corrected chi connectivity index (χ3v) is 4.45. The number of nitriles is 1. The lowest BCUT2D eigenvalue weighted by molar-refractivity contribution is -0.163. The lowest BCUT2D eigenvalue weighted by Gasteiger charge is -2.35. The van der Waals surface area contributed by atoms with Crippen molar-refractivity contribution < 1.29 is 13.2 Å². The van der Waals surface area contributed by atoms with Gasteiger partial charge in [0.15, 0.2) is 0 Å². The van der Waals surface area contributed by atoms with Crippen molar-refractivity contribution in [3.63, 3.8) is 0 Å². The topological polar surface area (TPSA) is 52.8 Å². The third-order valence-electron chi connectivity index (χ3n) is 4.13. The van der Waals surface area contributed by atoms with E-state index in [4.69, 9.17) is 16.9 Å². The fourth-order valence-corrected chi connectivity index (χ4v) is 3.14. The van der Waals surface area contributed by atoms with Crippen molar-refractivity contribution in [3.05, 3.63) is 46.2 Å². The average Bonchev–Trinajstić information content (AvgIpc) is 2.53. The summed E-state index contributed by atoms with van der Waals surface area (Å²) in [7, 11) is 0. The van der Waals surface area contributed by atoms with Crippen LogP contribution >= 0.6 is 11.6 Å². The van der Waals surface area contributed by atoms with Crippen molar-refractivity contribution in [2.45, 2.75) is 25.6 Å². The molecule has 1 atom stereocenters. The van der Waals surface area contributed by atoms with Crippen LogP contribution in [0, 0.1) is 17.2 Å². The molecule has 0 aromatic carbocycles. The van der Waals surface area contributed by atoms with Gasteiger partial charge in [0.25, 0.3) is 0 Å². The summed E-state index contributed by atoms with van der Waals surface area (Å²) in [5.74, 6) is -1.75. The van der Waals surface area contributed by atoms with E-state index in [0.717, 1.165) is 11.3 Å². The first-order valence-corrected chi connectivity index (χ1v) is 7.38. The highest BCUT2D eigenvalue weighted by Gasteiger charge is 2.44. The van der Waals surface area contributed by atoms with Crippen LogP contribution in [-0.2, 0) is 13.0 Å². The van der Waals surface area contributed by atoms with Crippen LogP contribution in [0.1, 0.15) is 17.7 Å². The van der Waals surface area contributed by atoms with Gasteiger partial charge in [0, 0.05) is 29.8 Å². The SMILES string of the molecule is N#CC1=CC=C(N2CCc3c(Cl)ncnc3C2)CC1C(F)(F)F. The Morgan fingerprint density at radius 2 is 2.09 bits per heavy atom. The number of halogens is 4. The minimum Gasteiger partial charge on any atom is -0.369 e. The summed E-state index contributed by atoms with van der Waals surface area (Å²) in [4.78, 5) is 9.95. The van der Waals surface area contributed by atoms with Crippen molar-refractivity contribution in [3.8, 4) is 6.07 Å². The predicted octanol–water partition coefficient (Wildman–Crippen LogP) is 3.40. The molecule has 1 aromatic heterocycles. The molecule has 2 heterocycles. The highest BCUT2D eigenvalue weighted by Crippen LogP contribution is 2.40. The van der Waals surface area contributed by atoms with Crippen LogP contribution in [0.2, 0.25) is 5.15 Å². The monoisotopic (exact) mass is 340 g/mol. The number of rotatable bonds is 1. The minimum absolute atomic E-state index is 0.225. The Bertz CT molecular complexity index is 733. The second-order valence-electron chi connectivity index (χ2n) is 5.45. The van der Waals surface area contributed by atoms with E-state index in [9.17, 15) is 13.2 Å². The Hall–Kier alpha value is -2.07. The molecule has 120 valence electrons. The Labute approximate surface area is 135 Å². The molecule has 0 fully saturated rings. The smallest absolute Gasteiger partial charge is 0.369 e. The molecule has 4 nitrogen and oxygen atoms in total. The summed E-state index contributed by atoms with van der Waals surface area (Å²) in [5.41, 5.74) is 1.90. The molecule has 2 aliphatic rings. The maximum Gasteiger partial charge on any atom is 0.396 e. The number of nitrogens with zero attached hydrogens (tertiary/aromatic N) is 4. The van der Waals surface area contributed by atoms with Gasteiger partial charge in [-0.2, -0.15) is 18.4 Å². The van der Waals surface area contributed by atoms with Crippen LogP contribution in [0.5, 0.6) is 0 Å². The van der Waals surface area contributed by atoms with Gasteiger partial charge in [-0.05, 0) is 18.6 Å². The van der Waals surface area contributed by atoms with Crippen molar-refractivity contribution in [1.29, 1.82) is 5.26 Å². The van der Waals surface area contributed by atoms with E-state index < -0.39 is 12.1 Å². The standard InChI is InChI=1S/C15H12ClF3N4/c16-14-11-3-4-23(7-13(11)21-8-22-14)10-2-1-9(6-20)12(5-10)15(17,18)19/h1-2,8,12H,3-5,7H2. The summed E-state index contributed by atoms with van der Waals surface area (Å²) < 4.78 is 39.4. The van der Waals surface area contributed by atoms with E-state index in [1.807, 2.05) is 4.90 Å². The molecule has 1 aliphatic carbocycles. The quantitative estimate of drug-likeness (QED) is 0.735. The van der Waals surface area contributed by atoms with Crippen molar-refractivity contribution in [2.24, 2.45) is 5.92 Å². The van der Waals surface area contributed by atoms with Crippen LogP contribution in [0.25, 0.3) is 0 Å². The zero-order valence-electron chi connectivity index (χ0n) is 11.9. The summed E-state index contributed by atoms with van der Waals surface area (Å²) in [6.45, 7) is 0.940. The molecule has 0 spiro atoms. The van der Waals surface area contributed by atoms with Crippen LogP contribution in [-0.4, -0.2) is 27.6 Å². The number of fused-ring (bicyclic) bond motifs is 1. The molecule has 0 saturated carbocycles. The summed E-state index contributed by atoms with van der Waals surface area (Å²) >= 11 is 6.02. The molecule has 0 amide bonds. The lowest BCUT2D eigenvalue weighted by Crippen LogP contribution is -2.35. The Balaban J connectivity index is 1.85. The van der Waals surface area contributed by atoms with Crippen molar-refractivity contribution in [1.82, 2.24) is 14.9 Å². The first-order valence-electron chi connectivity index (χ1n) is 7.01. The van der Waals surface area contributed by atoms with Gasteiger partial charge in [-0.15, -0.1) is 0 Å². The molecule has 0 saturated heterocycles. The Kier molecular flexibility index (Phi) is 4.02. The maximum atomic E-state index is 13.1. The number of hydrogen-bond acceptors (Lipinski definition) is 4. The van der Waals surface area contributed by atoms with E-state index in [2.05, 4.69) is 9.97 Å². The van der Waals surface area contributed by atoms with Gasteiger partial charge in [0.1, 0.15) is 11.5 Å². The molecule has 0 bridgehead atoms. The molecule has 3 rings (SSSR count). The average molecular weight is 341 g/mol. The van der Waals surface area contributed by atoms with Crippen LogP contribution in [0.15, 0.2) is 29.7 Å². The van der Waals surface area contributed by atoms with Gasteiger partial charge in [0.05, 0.1) is 24.2 Å². The summed E-state index contributed by atoms with van der Waals surface area (Å²) in [5, 5.41) is 9.28. The normalized spacial score (nSPS) is 21.2. The fraction of sp³-hybridized carbons (Fsp3) is 0.400. The van der Waals surface area contributed by atoms with Gasteiger partial charge in [-0.25, -0.2) is 9.97 Å². The molecule has 8 heteroatoms. The molecule has 1 aliphatic heterocycles. The van der Waals surface area contributed by atoms with E-state index in [1.54, 1.807) is 12.1 Å². The van der Waals surface area contributed by atoms with Gasteiger partial charge in [-0.1, -0.05) is 11.6 Å². The van der Waals surface area contributed by atoms with E-state index in [0.29, 0.717) is 30.4 Å². The minimum atomic E-state index is -4.43.